The average Bonchev–Trinajstić information content (AvgIpc) is 2.41. The van der Waals surface area contributed by atoms with E-state index in [4.69, 9.17) is 32.7 Å². The van der Waals surface area contributed by atoms with Crippen LogP contribution >= 0.6 is 23.2 Å². The lowest BCUT2D eigenvalue weighted by molar-refractivity contribution is 0.356. The predicted molar refractivity (Wildman–Crippen MR) is 75.0 cm³/mol. The zero-order valence-electron chi connectivity index (χ0n) is 10.0. The lowest BCUT2D eigenvalue weighted by Gasteiger charge is -2.14. The SMILES string of the molecule is COc1cccc(-c2cccc(Cl)c2Cl)c1OC. The number of benzene rings is 2. The summed E-state index contributed by atoms with van der Waals surface area (Å²) in [6, 6.07) is 11.1. The van der Waals surface area contributed by atoms with Gasteiger partial charge in [0.05, 0.1) is 24.3 Å². The maximum Gasteiger partial charge on any atom is 0.168 e. The van der Waals surface area contributed by atoms with E-state index in [1.165, 1.54) is 0 Å². The van der Waals surface area contributed by atoms with Crippen LogP contribution in [0.15, 0.2) is 36.4 Å². The molecule has 0 saturated heterocycles. The van der Waals surface area contributed by atoms with Gasteiger partial charge in [-0.2, -0.15) is 0 Å². The molecule has 0 fully saturated rings. The summed E-state index contributed by atoms with van der Waals surface area (Å²) in [4.78, 5) is 0. The van der Waals surface area contributed by atoms with Crippen LogP contribution in [-0.4, -0.2) is 14.2 Å². The van der Waals surface area contributed by atoms with Crippen molar-refractivity contribution in [2.75, 3.05) is 14.2 Å². The van der Waals surface area contributed by atoms with Crippen molar-refractivity contribution in [3.63, 3.8) is 0 Å². The van der Waals surface area contributed by atoms with Crippen molar-refractivity contribution in [1.29, 1.82) is 0 Å². The molecular weight excluding hydrogens is 271 g/mol. The molecule has 0 radical (unpaired) electrons. The Morgan fingerprint density at radius 3 is 2.17 bits per heavy atom. The van der Waals surface area contributed by atoms with Gasteiger partial charge < -0.3 is 9.47 Å². The van der Waals surface area contributed by atoms with Crippen molar-refractivity contribution in [3.05, 3.63) is 46.4 Å². The molecule has 0 aliphatic carbocycles. The molecule has 4 heteroatoms. The van der Waals surface area contributed by atoms with Gasteiger partial charge in [-0.05, 0) is 12.1 Å². The van der Waals surface area contributed by atoms with Crippen LogP contribution in [0.2, 0.25) is 10.0 Å². The van der Waals surface area contributed by atoms with E-state index in [9.17, 15) is 0 Å². The summed E-state index contributed by atoms with van der Waals surface area (Å²) in [7, 11) is 3.20. The summed E-state index contributed by atoms with van der Waals surface area (Å²) in [5.41, 5.74) is 1.67. The van der Waals surface area contributed by atoms with Crippen molar-refractivity contribution < 1.29 is 9.47 Å². The van der Waals surface area contributed by atoms with Crippen LogP contribution < -0.4 is 9.47 Å². The van der Waals surface area contributed by atoms with Gasteiger partial charge in [0.2, 0.25) is 0 Å². The third-order valence-corrected chi connectivity index (χ3v) is 3.46. The number of hydrogen-bond acceptors (Lipinski definition) is 2. The second kappa shape index (κ2) is 5.51. The van der Waals surface area contributed by atoms with Crippen LogP contribution in [0.5, 0.6) is 11.5 Å². The van der Waals surface area contributed by atoms with Gasteiger partial charge in [0, 0.05) is 11.1 Å². The normalized spacial score (nSPS) is 10.2. The number of halogens is 2. The molecule has 0 N–H and O–H groups in total. The lowest BCUT2D eigenvalue weighted by atomic mass is 10.0. The Hall–Kier alpha value is -1.38. The fourth-order valence-electron chi connectivity index (χ4n) is 1.81. The van der Waals surface area contributed by atoms with E-state index in [1.54, 1.807) is 20.3 Å². The molecule has 0 aliphatic heterocycles. The van der Waals surface area contributed by atoms with Gasteiger partial charge in [0.1, 0.15) is 0 Å². The minimum absolute atomic E-state index is 0.505. The van der Waals surface area contributed by atoms with Gasteiger partial charge in [0.25, 0.3) is 0 Å². The van der Waals surface area contributed by atoms with Crippen molar-refractivity contribution in [2.45, 2.75) is 0 Å². The van der Waals surface area contributed by atoms with Crippen LogP contribution in [0.25, 0.3) is 11.1 Å². The minimum atomic E-state index is 0.505. The summed E-state index contributed by atoms with van der Waals surface area (Å²) in [6.45, 7) is 0. The van der Waals surface area contributed by atoms with Crippen molar-refractivity contribution in [1.82, 2.24) is 0 Å². The molecule has 0 saturated carbocycles. The number of para-hydroxylation sites is 1. The van der Waals surface area contributed by atoms with Gasteiger partial charge >= 0.3 is 0 Å². The van der Waals surface area contributed by atoms with E-state index in [0.29, 0.717) is 21.5 Å². The smallest absolute Gasteiger partial charge is 0.168 e. The summed E-state index contributed by atoms with van der Waals surface area (Å²) in [5, 5.41) is 1.02. The molecule has 2 nitrogen and oxygen atoms in total. The molecule has 18 heavy (non-hydrogen) atoms. The average molecular weight is 283 g/mol. The fourth-order valence-corrected chi connectivity index (χ4v) is 2.21. The maximum absolute atomic E-state index is 6.22. The Kier molecular flexibility index (Phi) is 4.00. The Labute approximate surface area is 116 Å². The Bertz CT molecular complexity index is 568. The van der Waals surface area contributed by atoms with Crippen LogP contribution in [0.3, 0.4) is 0 Å². The van der Waals surface area contributed by atoms with Crippen molar-refractivity contribution in [3.8, 4) is 22.6 Å². The Morgan fingerprint density at radius 2 is 1.50 bits per heavy atom. The van der Waals surface area contributed by atoms with E-state index in [1.807, 2.05) is 30.3 Å². The standard InChI is InChI=1S/C14H12Cl2O2/c1-17-12-8-4-6-10(14(12)18-2)9-5-3-7-11(15)13(9)16/h3-8H,1-2H3. The quantitative estimate of drug-likeness (QED) is 0.814. The van der Waals surface area contributed by atoms with Crippen LogP contribution in [-0.2, 0) is 0 Å². The summed E-state index contributed by atoms with van der Waals surface area (Å²) in [5.74, 6) is 1.30. The van der Waals surface area contributed by atoms with Crippen molar-refractivity contribution >= 4 is 23.2 Å². The molecule has 2 rings (SSSR count). The van der Waals surface area contributed by atoms with Crippen LogP contribution in [0.1, 0.15) is 0 Å². The highest BCUT2D eigenvalue weighted by molar-refractivity contribution is 6.43. The highest BCUT2D eigenvalue weighted by Crippen LogP contribution is 2.42. The van der Waals surface area contributed by atoms with E-state index in [-0.39, 0.29) is 0 Å². The summed E-state index contributed by atoms with van der Waals surface area (Å²) in [6.07, 6.45) is 0. The third kappa shape index (κ3) is 2.26. The fraction of sp³-hybridized carbons (Fsp3) is 0.143. The highest BCUT2D eigenvalue weighted by atomic mass is 35.5. The molecule has 2 aromatic rings. The molecule has 0 bridgehead atoms. The molecule has 0 atom stereocenters. The lowest BCUT2D eigenvalue weighted by Crippen LogP contribution is -1.93. The molecule has 0 amide bonds. The Balaban J connectivity index is 2.67. The second-order valence-electron chi connectivity index (χ2n) is 3.64. The topological polar surface area (TPSA) is 18.5 Å². The minimum Gasteiger partial charge on any atom is -0.493 e. The monoisotopic (exact) mass is 282 g/mol. The molecule has 94 valence electrons. The Morgan fingerprint density at radius 1 is 0.833 bits per heavy atom. The first-order valence-electron chi connectivity index (χ1n) is 5.34. The number of rotatable bonds is 3. The number of methoxy groups -OCH3 is 2. The van der Waals surface area contributed by atoms with Gasteiger partial charge in [-0.3, -0.25) is 0 Å². The van der Waals surface area contributed by atoms with E-state index >= 15 is 0 Å². The van der Waals surface area contributed by atoms with Crippen LogP contribution in [0.4, 0.5) is 0 Å². The predicted octanol–water partition coefficient (Wildman–Crippen LogP) is 4.68. The van der Waals surface area contributed by atoms with Gasteiger partial charge in [-0.15, -0.1) is 0 Å². The summed E-state index contributed by atoms with van der Waals surface area (Å²) >= 11 is 12.3. The molecule has 0 aliphatic rings. The molecule has 0 heterocycles. The molecule has 0 unspecified atom stereocenters. The maximum atomic E-state index is 6.22. The molecule has 0 aromatic heterocycles. The van der Waals surface area contributed by atoms with Crippen molar-refractivity contribution in [2.24, 2.45) is 0 Å². The zero-order chi connectivity index (χ0) is 13.1. The third-order valence-electron chi connectivity index (χ3n) is 2.64. The van der Waals surface area contributed by atoms with E-state index in [2.05, 4.69) is 0 Å². The van der Waals surface area contributed by atoms with Gasteiger partial charge in [0.15, 0.2) is 11.5 Å². The molecule has 0 spiro atoms. The second-order valence-corrected chi connectivity index (χ2v) is 4.43. The molecular formula is C14H12Cl2O2. The van der Waals surface area contributed by atoms with E-state index in [0.717, 1.165) is 11.1 Å². The number of ether oxygens (including phenoxy) is 2. The first-order valence-corrected chi connectivity index (χ1v) is 6.10. The van der Waals surface area contributed by atoms with E-state index < -0.39 is 0 Å². The zero-order valence-corrected chi connectivity index (χ0v) is 11.5. The molecule has 2 aromatic carbocycles. The largest absolute Gasteiger partial charge is 0.493 e. The van der Waals surface area contributed by atoms with Crippen LogP contribution in [0, 0.1) is 0 Å². The first kappa shape index (κ1) is 13.1. The first-order chi connectivity index (χ1) is 8.69. The highest BCUT2D eigenvalue weighted by Gasteiger charge is 2.14. The number of hydrogen-bond donors (Lipinski definition) is 0. The summed E-state index contributed by atoms with van der Waals surface area (Å²) < 4.78 is 10.7. The van der Waals surface area contributed by atoms with Gasteiger partial charge in [-0.1, -0.05) is 47.5 Å². The van der Waals surface area contributed by atoms with Gasteiger partial charge in [-0.25, -0.2) is 0 Å².